The molecule has 0 bridgehead atoms. The lowest BCUT2D eigenvalue weighted by atomic mass is 10.3. The summed E-state index contributed by atoms with van der Waals surface area (Å²) in [5, 5.41) is 2.52. The molecule has 1 rings (SSSR count). The van der Waals surface area contributed by atoms with Crippen molar-refractivity contribution >= 4 is 7.75 Å². The second kappa shape index (κ2) is 5.57. The van der Waals surface area contributed by atoms with Crippen LogP contribution in [0.15, 0.2) is 30.3 Å². The molecular formula is C10H12NO3P. The fraction of sp³-hybridized carbons (Fsp3) is 0.200. The molecule has 15 heavy (non-hydrogen) atoms. The molecule has 0 aliphatic rings. The number of nitrogens with one attached hydrogen (secondary N) is 1. The summed E-state index contributed by atoms with van der Waals surface area (Å²) in [7, 11) is -2.03. The zero-order chi connectivity index (χ0) is 11.1. The minimum atomic E-state index is -3.33. The van der Waals surface area contributed by atoms with Gasteiger partial charge in [0.05, 0.1) is 6.54 Å². The second-order valence-electron chi connectivity index (χ2n) is 2.62. The van der Waals surface area contributed by atoms with Crippen molar-refractivity contribution in [3.8, 4) is 18.1 Å². The molecule has 0 amide bonds. The molecule has 1 unspecified atom stereocenters. The van der Waals surface area contributed by atoms with Crippen LogP contribution in [0.5, 0.6) is 5.75 Å². The fourth-order valence-electron chi connectivity index (χ4n) is 0.897. The molecule has 4 nitrogen and oxygen atoms in total. The Labute approximate surface area is 89.2 Å². The van der Waals surface area contributed by atoms with Gasteiger partial charge in [-0.25, -0.2) is 9.65 Å². The first-order valence-electron chi connectivity index (χ1n) is 4.29. The van der Waals surface area contributed by atoms with Crippen LogP contribution in [-0.4, -0.2) is 13.7 Å². The number of terminal acetylenes is 1. The van der Waals surface area contributed by atoms with Gasteiger partial charge in [0.15, 0.2) is 0 Å². The Morgan fingerprint density at radius 3 is 2.67 bits per heavy atom. The third-order valence-corrected chi connectivity index (χ3v) is 3.06. The van der Waals surface area contributed by atoms with Crippen molar-refractivity contribution in [1.82, 2.24) is 5.09 Å². The highest BCUT2D eigenvalue weighted by atomic mass is 31.2. The molecule has 0 saturated heterocycles. The van der Waals surface area contributed by atoms with E-state index in [-0.39, 0.29) is 6.54 Å². The first kappa shape index (κ1) is 11.8. The molecule has 0 aromatic heterocycles. The van der Waals surface area contributed by atoms with Crippen LogP contribution in [0.25, 0.3) is 0 Å². The summed E-state index contributed by atoms with van der Waals surface area (Å²) in [6.07, 6.45) is 5.04. The van der Waals surface area contributed by atoms with Crippen molar-refractivity contribution in [2.75, 3.05) is 13.7 Å². The Bertz CT molecular complexity index is 385. The van der Waals surface area contributed by atoms with Gasteiger partial charge in [-0.15, -0.1) is 6.42 Å². The van der Waals surface area contributed by atoms with Crippen molar-refractivity contribution in [1.29, 1.82) is 0 Å². The maximum atomic E-state index is 11.9. The summed E-state index contributed by atoms with van der Waals surface area (Å²) in [4.78, 5) is 0. The maximum Gasteiger partial charge on any atom is 0.459 e. The van der Waals surface area contributed by atoms with Crippen LogP contribution in [-0.2, 0) is 9.09 Å². The van der Waals surface area contributed by atoms with E-state index in [4.69, 9.17) is 15.5 Å². The van der Waals surface area contributed by atoms with Gasteiger partial charge in [0.25, 0.3) is 0 Å². The van der Waals surface area contributed by atoms with Gasteiger partial charge in [-0.1, -0.05) is 24.1 Å². The van der Waals surface area contributed by atoms with Crippen LogP contribution < -0.4 is 9.61 Å². The lowest BCUT2D eigenvalue weighted by Crippen LogP contribution is -2.15. The first-order chi connectivity index (χ1) is 7.20. The van der Waals surface area contributed by atoms with E-state index in [9.17, 15) is 4.57 Å². The topological polar surface area (TPSA) is 47.6 Å². The molecule has 0 aliphatic carbocycles. The van der Waals surface area contributed by atoms with Crippen LogP contribution in [0.4, 0.5) is 0 Å². The van der Waals surface area contributed by atoms with Gasteiger partial charge in [0, 0.05) is 7.11 Å². The monoisotopic (exact) mass is 225 g/mol. The lowest BCUT2D eigenvalue weighted by molar-refractivity contribution is 0.311. The standard InChI is InChI=1S/C10H12NO3P/c1-3-9-11-15(12,13-2)14-10-7-5-4-6-8-10/h1,4-8H,9H2,2H3,(H,11,12). The average molecular weight is 225 g/mol. The largest absolute Gasteiger partial charge is 0.459 e. The molecule has 0 spiro atoms. The van der Waals surface area contributed by atoms with E-state index < -0.39 is 7.75 Å². The number of rotatable bonds is 5. The summed E-state index contributed by atoms with van der Waals surface area (Å²) in [6, 6.07) is 8.75. The zero-order valence-electron chi connectivity index (χ0n) is 8.34. The van der Waals surface area contributed by atoms with Crippen molar-refractivity contribution in [2.24, 2.45) is 0 Å². The molecule has 0 aliphatic heterocycles. The predicted octanol–water partition coefficient (Wildman–Crippen LogP) is 2.04. The van der Waals surface area contributed by atoms with E-state index >= 15 is 0 Å². The van der Waals surface area contributed by atoms with Crippen molar-refractivity contribution < 1.29 is 13.6 Å². The molecule has 0 fully saturated rings. The van der Waals surface area contributed by atoms with Gasteiger partial charge >= 0.3 is 7.75 Å². The van der Waals surface area contributed by atoms with E-state index in [1.54, 1.807) is 24.3 Å². The highest BCUT2D eigenvalue weighted by Crippen LogP contribution is 2.42. The molecule has 0 radical (unpaired) electrons. The van der Waals surface area contributed by atoms with E-state index in [1.165, 1.54) is 7.11 Å². The van der Waals surface area contributed by atoms with Crippen molar-refractivity contribution in [2.45, 2.75) is 0 Å². The molecule has 0 heterocycles. The molecule has 80 valence electrons. The second-order valence-corrected chi connectivity index (χ2v) is 4.48. The third-order valence-electron chi connectivity index (χ3n) is 1.58. The maximum absolute atomic E-state index is 11.9. The van der Waals surface area contributed by atoms with Gasteiger partial charge in [0.2, 0.25) is 0 Å². The first-order valence-corrected chi connectivity index (χ1v) is 5.83. The molecule has 1 aromatic carbocycles. The van der Waals surface area contributed by atoms with Crippen LogP contribution in [0.2, 0.25) is 0 Å². The van der Waals surface area contributed by atoms with Crippen LogP contribution >= 0.6 is 7.75 Å². The quantitative estimate of drug-likeness (QED) is 0.615. The Hall–Kier alpha value is -1.27. The Morgan fingerprint density at radius 2 is 2.13 bits per heavy atom. The number of para-hydroxylation sites is 1. The molecule has 0 saturated carbocycles. The van der Waals surface area contributed by atoms with E-state index in [0.717, 1.165) is 0 Å². The molecular weight excluding hydrogens is 213 g/mol. The summed E-state index contributed by atoms with van der Waals surface area (Å²) in [6.45, 7) is 0.123. The van der Waals surface area contributed by atoms with Gasteiger partial charge in [-0.05, 0) is 12.1 Å². The normalized spacial score (nSPS) is 13.9. The van der Waals surface area contributed by atoms with Crippen molar-refractivity contribution in [3.05, 3.63) is 30.3 Å². The highest BCUT2D eigenvalue weighted by molar-refractivity contribution is 7.52. The minimum Gasteiger partial charge on any atom is -0.413 e. The zero-order valence-corrected chi connectivity index (χ0v) is 9.24. The number of hydrogen-bond acceptors (Lipinski definition) is 3. The van der Waals surface area contributed by atoms with Gasteiger partial charge in [0.1, 0.15) is 5.75 Å². The smallest absolute Gasteiger partial charge is 0.413 e. The summed E-state index contributed by atoms with van der Waals surface area (Å²) in [5.41, 5.74) is 0. The summed E-state index contributed by atoms with van der Waals surface area (Å²) in [5.74, 6) is 2.77. The predicted molar refractivity (Wildman–Crippen MR) is 58.5 cm³/mol. The molecule has 1 atom stereocenters. The Balaban J connectivity index is 2.69. The summed E-state index contributed by atoms with van der Waals surface area (Å²) < 4.78 is 21.8. The van der Waals surface area contributed by atoms with Crippen LogP contribution in [0.3, 0.4) is 0 Å². The SMILES string of the molecule is C#CCNP(=O)(OC)Oc1ccccc1. The Morgan fingerprint density at radius 1 is 1.47 bits per heavy atom. The van der Waals surface area contributed by atoms with E-state index in [2.05, 4.69) is 11.0 Å². The fourth-order valence-corrected chi connectivity index (χ4v) is 1.85. The Kier molecular flexibility index (Phi) is 4.38. The van der Waals surface area contributed by atoms with Crippen LogP contribution in [0, 0.1) is 12.3 Å². The van der Waals surface area contributed by atoms with Gasteiger partial charge < -0.3 is 4.52 Å². The van der Waals surface area contributed by atoms with E-state index in [1.807, 2.05) is 6.07 Å². The number of hydrogen-bond donors (Lipinski definition) is 1. The highest BCUT2D eigenvalue weighted by Gasteiger charge is 2.23. The molecule has 5 heteroatoms. The number of benzene rings is 1. The molecule has 1 N–H and O–H groups in total. The summed E-state index contributed by atoms with van der Waals surface area (Å²) >= 11 is 0. The molecule has 1 aromatic rings. The third kappa shape index (κ3) is 3.77. The van der Waals surface area contributed by atoms with Crippen LogP contribution in [0.1, 0.15) is 0 Å². The van der Waals surface area contributed by atoms with Crippen molar-refractivity contribution in [3.63, 3.8) is 0 Å². The minimum absolute atomic E-state index is 0.123. The van der Waals surface area contributed by atoms with Gasteiger partial charge in [-0.2, -0.15) is 0 Å². The lowest BCUT2D eigenvalue weighted by Gasteiger charge is -2.16. The van der Waals surface area contributed by atoms with Gasteiger partial charge in [-0.3, -0.25) is 4.52 Å². The van der Waals surface area contributed by atoms with E-state index in [0.29, 0.717) is 5.75 Å². The average Bonchev–Trinajstić information content (AvgIpc) is 2.28.